The van der Waals surface area contributed by atoms with Gasteiger partial charge in [-0.15, -0.1) is 20.4 Å². The molecule has 0 radical (unpaired) electrons. The van der Waals surface area contributed by atoms with Crippen LogP contribution in [-0.4, -0.2) is 39.2 Å². The van der Waals surface area contributed by atoms with Gasteiger partial charge in [0.2, 0.25) is 0 Å². The summed E-state index contributed by atoms with van der Waals surface area (Å²) in [6.45, 7) is 12.4. The molecule has 8 rings (SSSR count). The Morgan fingerprint density at radius 1 is 0.508 bits per heavy atom. The Balaban J connectivity index is 0.000000181. The zero-order valence-electron chi connectivity index (χ0n) is 37.9. The maximum atomic E-state index is 6.15. The van der Waals surface area contributed by atoms with E-state index in [1.54, 1.807) is 0 Å². The lowest BCUT2D eigenvalue weighted by atomic mass is 10.1. The number of nitrogens with two attached hydrogens (primary N) is 1. The highest BCUT2D eigenvalue weighted by Gasteiger charge is 2.20. The van der Waals surface area contributed by atoms with Gasteiger partial charge in [0.25, 0.3) is 0 Å². The van der Waals surface area contributed by atoms with Crippen LogP contribution in [0.4, 0.5) is 11.4 Å². The van der Waals surface area contributed by atoms with Gasteiger partial charge in [-0.2, -0.15) is 0 Å². The van der Waals surface area contributed by atoms with E-state index in [9.17, 15) is 0 Å². The molecule has 7 aromatic carbocycles. The quantitative estimate of drug-likeness (QED) is 0.0979. The third kappa shape index (κ3) is 14.1. The maximum absolute atomic E-state index is 6.15. The third-order valence-electron chi connectivity index (χ3n) is 10.3. The van der Waals surface area contributed by atoms with E-state index in [0.29, 0.717) is 10.3 Å². The smallest absolute Gasteiger partial charge is 0.169 e. The Kier molecular flexibility index (Phi) is 18.9. The number of nitrogen functional groups attached to an aromatic ring is 1. The summed E-state index contributed by atoms with van der Waals surface area (Å²) in [5, 5.41) is 17.8. The molecule has 1 heterocycles. The molecule has 8 aromatic rings. The zero-order valence-corrected chi connectivity index (χ0v) is 42.5. The van der Waals surface area contributed by atoms with Crippen molar-refractivity contribution in [3.8, 4) is 28.5 Å². The first-order valence-electron chi connectivity index (χ1n) is 20.8. The van der Waals surface area contributed by atoms with Crippen LogP contribution in [-0.2, 0) is 0 Å². The summed E-state index contributed by atoms with van der Waals surface area (Å²) >= 11 is 19.1. The van der Waals surface area contributed by atoms with Gasteiger partial charge in [-0.3, -0.25) is 4.57 Å². The topological polar surface area (TPSA) is 84.7 Å². The molecule has 0 unspecified atom stereocenters. The normalized spacial score (nSPS) is 11.0. The summed E-state index contributed by atoms with van der Waals surface area (Å²) in [6, 6.07) is 54.4. The molecule has 7 nitrogen and oxygen atoms in total. The number of para-hydroxylation sites is 3. The highest BCUT2D eigenvalue weighted by atomic mass is 79.9. The number of hydrogen-bond acceptors (Lipinski definition) is 6. The Morgan fingerprint density at radius 2 is 0.969 bits per heavy atom. The Labute approximate surface area is 411 Å². The predicted molar refractivity (Wildman–Crippen MR) is 285 cm³/mol. The first kappa shape index (κ1) is 50.2. The van der Waals surface area contributed by atoms with Crippen LogP contribution in [0.1, 0.15) is 44.5 Å². The molecule has 65 heavy (non-hydrogen) atoms. The summed E-state index contributed by atoms with van der Waals surface area (Å²) in [4.78, 5) is 2.08. The van der Waals surface area contributed by atoms with E-state index in [1.807, 2.05) is 144 Å². The van der Waals surface area contributed by atoms with Gasteiger partial charge in [-0.25, -0.2) is 0 Å². The van der Waals surface area contributed by atoms with Crippen LogP contribution in [0.5, 0.6) is 0 Å². The number of rotatable bonds is 7. The molecule has 1 aromatic heterocycles. The molecular weight excluding hydrogens is 977 g/mol. The van der Waals surface area contributed by atoms with Crippen LogP contribution < -0.4 is 10.6 Å². The van der Waals surface area contributed by atoms with E-state index in [1.165, 1.54) is 22.4 Å². The van der Waals surface area contributed by atoms with Gasteiger partial charge in [0.15, 0.2) is 22.0 Å². The number of hydrogen-bond donors (Lipinski definition) is 1. The lowest BCUT2D eigenvalue weighted by molar-refractivity contribution is 1.03. The van der Waals surface area contributed by atoms with Crippen molar-refractivity contribution in [1.82, 2.24) is 14.8 Å². The maximum Gasteiger partial charge on any atom is 0.169 e. The number of aryl methyl sites for hydroxylation is 6. The van der Waals surface area contributed by atoms with Crippen LogP contribution >= 0.6 is 55.1 Å². The minimum absolute atomic E-state index is 0.296. The van der Waals surface area contributed by atoms with Gasteiger partial charge >= 0.3 is 0 Å². The Hall–Kier alpha value is -5.84. The molecule has 0 saturated carbocycles. The van der Waals surface area contributed by atoms with Crippen molar-refractivity contribution in [3.63, 3.8) is 0 Å². The minimum atomic E-state index is 0.296. The van der Waals surface area contributed by atoms with Crippen molar-refractivity contribution >= 4 is 76.8 Å². The van der Waals surface area contributed by atoms with E-state index in [-0.39, 0.29) is 0 Å². The van der Waals surface area contributed by atoms with Crippen LogP contribution in [0.15, 0.2) is 183 Å². The Morgan fingerprint density at radius 3 is 1.49 bits per heavy atom. The SMILES string of the molecule is CN(C)c1ccccc1.Cc1cccc(C)c1N.Cc1ccccc1-c1nnc(-c2ccc(Br)cc2)n1-c1c(C)cccc1C.Cc1ccccc1/C(Cl)=N/N=C(\Cl)c1ccc(Br)cc1. The monoisotopic (exact) mass is 1030 g/mol. The van der Waals surface area contributed by atoms with Crippen LogP contribution in [0.3, 0.4) is 0 Å². The zero-order chi connectivity index (χ0) is 47.0. The number of halogens is 4. The average Bonchev–Trinajstić information content (AvgIpc) is 3.73. The molecule has 2 N–H and O–H groups in total. The summed E-state index contributed by atoms with van der Waals surface area (Å²) < 4.78 is 4.21. The second-order valence-corrected chi connectivity index (χ2v) is 17.9. The lowest BCUT2D eigenvalue weighted by Gasteiger charge is -2.16. The number of nitrogens with zero attached hydrogens (tertiary/aromatic N) is 6. The lowest BCUT2D eigenvalue weighted by Crippen LogP contribution is -2.07. The Bertz CT molecular complexity index is 2820. The summed E-state index contributed by atoms with van der Waals surface area (Å²) in [5.74, 6) is 1.71. The van der Waals surface area contributed by atoms with Crippen LogP contribution in [0.25, 0.3) is 28.5 Å². The summed E-state index contributed by atoms with van der Waals surface area (Å²) in [5.41, 5.74) is 19.7. The molecule has 332 valence electrons. The van der Waals surface area contributed by atoms with Crippen molar-refractivity contribution in [3.05, 3.63) is 217 Å². The number of benzene rings is 7. The summed E-state index contributed by atoms with van der Waals surface area (Å²) in [7, 11) is 4.07. The predicted octanol–water partition coefficient (Wildman–Crippen LogP) is 15.3. The van der Waals surface area contributed by atoms with Crippen molar-refractivity contribution in [1.29, 1.82) is 0 Å². The van der Waals surface area contributed by atoms with Gasteiger partial charge < -0.3 is 10.6 Å². The minimum Gasteiger partial charge on any atom is -0.398 e. The van der Waals surface area contributed by atoms with Gasteiger partial charge in [0.1, 0.15) is 0 Å². The number of aromatic nitrogens is 3. The fraction of sp³-hybridized carbons (Fsp3) is 0.148. The first-order valence-corrected chi connectivity index (χ1v) is 23.2. The average molecular weight is 1030 g/mol. The van der Waals surface area contributed by atoms with Gasteiger partial charge in [0.05, 0.1) is 5.69 Å². The van der Waals surface area contributed by atoms with Gasteiger partial charge in [-0.05, 0) is 111 Å². The second-order valence-electron chi connectivity index (χ2n) is 15.4. The van der Waals surface area contributed by atoms with Crippen molar-refractivity contribution in [2.24, 2.45) is 10.2 Å². The van der Waals surface area contributed by atoms with E-state index in [0.717, 1.165) is 70.9 Å². The van der Waals surface area contributed by atoms with Crippen LogP contribution in [0, 0.1) is 41.5 Å². The molecule has 0 aliphatic rings. The molecule has 0 bridgehead atoms. The third-order valence-corrected chi connectivity index (χ3v) is 11.9. The molecule has 0 aliphatic heterocycles. The highest BCUT2D eigenvalue weighted by Crippen LogP contribution is 2.33. The standard InChI is InChI=1S/C23H20BrN3.C15H11BrCl2N2.2C8H11N/c1-15-7-4-5-10-20(15)23-26-25-22(18-11-13-19(24)14-12-18)27(23)21-16(2)8-6-9-17(21)3;1-10-4-2-3-5-13(10)15(18)20-19-14(17)11-6-8-12(16)9-7-11;1-9(2)8-6-4-3-5-7-8;1-6-4-3-5-7(2)8(6)9/h4-14H,1-3H3;2-9H,1H3;3-7H,1-2H3;3-5H,9H2,1-2H3/b;19-14-,20-15-;;. The van der Waals surface area contributed by atoms with Crippen molar-refractivity contribution in [2.45, 2.75) is 41.5 Å². The van der Waals surface area contributed by atoms with E-state index >= 15 is 0 Å². The number of anilines is 2. The van der Waals surface area contributed by atoms with Gasteiger partial charge in [0, 0.05) is 56.7 Å². The summed E-state index contributed by atoms with van der Waals surface area (Å²) in [6.07, 6.45) is 0. The fourth-order valence-corrected chi connectivity index (χ4v) is 7.53. The van der Waals surface area contributed by atoms with Crippen LogP contribution in [0.2, 0.25) is 0 Å². The molecule has 0 saturated heterocycles. The van der Waals surface area contributed by atoms with E-state index < -0.39 is 0 Å². The molecule has 0 aliphatic carbocycles. The van der Waals surface area contributed by atoms with E-state index in [2.05, 4.69) is 137 Å². The van der Waals surface area contributed by atoms with Gasteiger partial charge in [-0.1, -0.05) is 182 Å². The van der Waals surface area contributed by atoms with Crippen molar-refractivity contribution in [2.75, 3.05) is 24.7 Å². The van der Waals surface area contributed by atoms with E-state index in [4.69, 9.17) is 28.9 Å². The molecule has 0 fully saturated rings. The fourth-order valence-electron chi connectivity index (χ4n) is 6.58. The largest absolute Gasteiger partial charge is 0.398 e. The molecule has 0 amide bonds. The van der Waals surface area contributed by atoms with Crippen molar-refractivity contribution < 1.29 is 0 Å². The first-order chi connectivity index (χ1) is 31.2. The molecule has 0 atom stereocenters. The second kappa shape index (κ2) is 24.4. The highest BCUT2D eigenvalue weighted by molar-refractivity contribution is 9.10. The molecule has 11 heteroatoms. The molecule has 0 spiro atoms. The molecular formula is C54H53Br2Cl2N7.